The second kappa shape index (κ2) is 7.14. The number of aryl methyl sites for hydroxylation is 2. The van der Waals surface area contributed by atoms with Gasteiger partial charge in [-0.05, 0) is 49.1 Å². The van der Waals surface area contributed by atoms with Gasteiger partial charge in [0.05, 0.1) is 20.3 Å². The van der Waals surface area contributed by atoms with Crippen LogP contribution < -0.4 is 9.47 Å². The Bertz CT molecular complexity index is 576. The van der Waals surface area contributed by atoms with Gasteiger partial charge in [0.2, 0.25) is 0 Å². The molecule has 0 bridgehead atoms. The van der Waals surface area contributed by atoms with Crippen molar-refractivity contribution in [2.45, 2.75) is 25.9 Å². The summed E-state index contributed by atoms with van der Waals surface area (Å²) in [6, 6.07) is 13.8. The van der Waals surface area contributed by atoms with Crippen LogP contribution in [0.25, 0.3) is 0 Å². The van der Waals surface area contributed by atoms with Gasteiger partial charge in [0.15, 0.2) is 0 Å². The zero-order chi connectivity index (χ0) is 15.2. The molecular formula is C18H22O3. The molecule has 0 spiro atoms. The van der Waals surface area contributed by atoms with E-state index in [4.69, 9.17) is 9.47 Å². The summed E-state index contributed by atoms with van der Waals surface area (Å²) in [7, 11) is 3.29. The first kappa shape index (κ1) is 15.4. The smallest absolute Gasteiger partial charge is 0.124 e. The van der Waals surface area contributed by atoms with Gasteiger partial charge < -0.3 is 14.6 Å². The van der Waals surface area contributed by atoms with Crippen molar-refractivity contribution in [3.05, 3.63) is 59.2 Å². The first-order chi connectivity index (χ1) is 10.1. The maximum Gasteiger partial charge on any atom is 0.124 e. The van der Waals surface area contributed by atoms with E-state index in [-0.39, 0.29) is 0 Å². The average Bonchev–Trinajstić information content (AvgIpc) is 2.52. The van der Waals surface area contributed by atoms with Crippen LogP contribution in [0.15, 0.2) is 42.5 Å². The molecule has 2 aromatic rings. The highest BCUT2D eigenvalue weighted by Gasteiger charge is 2.13. The average molecular weight is 286 g/mol. The van der Waals surface area contributed by atoms with Gasteiger partial charge in [-0.15, -0.1) is 0 Å². The molecule has 0 amide bonds. The molecular weight excluding hydrogens is 264 g/mol. The highest BCUT2D eigenvalue weighted by Crippen LogP contribution is 2.29. The minimum Gasteiger partial charge on any atom is -0.497 e. The third-order valence-electron chi connectivity index (χ3n) is 3.61. The lowest BCUT2D eigenvalue weighted by molar-refractivity contribution is 0.163. The van der Waals surface area contributed by atoms with Crippen LogP contribution in [0.1, 0.15) is 29.2 Å². The molecule has 0 saturated carbocycles. The van der Waals surface area contributed by atoms with Crippen molar-refractivity contribution < 1.29 is 14.6 Å². The molecule has 3 heteroatoms. The fourth-order valence-corrected chi connectivity index (χ4v) is 2.34. The zero-order valence-corrected chi connectivity index (χ0v) is 12.8. The second-order valence-electron chi connectivity index (χ2n) is 5.15. The number of hydrogen-bond donors (Lipinski definition) is 1. The van der Waals surface area contributed by atoms with Crippen molar-refractivity contribution in [1.82, 2.24) is 0 Å². The molecule has 2 rings (SSSR count). The van der Waals surface area contributed by atoms with Crippen LogP contribution in [0.3, 0.4) is 0 Å². The number of hydrogen-bond acceptors (Lipinski definition) is 3. The lowest BCUT2D eigenvalue weighted by Crippen LogP contribution is -2.02. The van der Waals surface area contributed by atoms with Gasteiger partial charge in [-0.3, -0.25) is 0 Å². The van der Waals surface area contributed by atoms with E-state index >= 15 is 0 Å². The fourth-order valence-electron chi connectivity index (χ4n) is 2.34. The third-order valence-corrected chi connectivity index (χ3v) is 3.61. The fraction of sp³-hybridized carbons (Fsp3) is 0.333. The van der Waals surface area contributed by atoms with E-state index in [9.17, 15) is 5.11 Å². The molecule has 0 radical (unpaired) electrons. The number of aliphatic hydroxyl groups excluding tert-OH is 1. The van der Waals surface area contributed by atoms with E-state index in [1.165, 1.54) is 5.56 Å². The third kappa shape index (κ3) is 3.99. The summed E-state index contributed by atoms with van der Waals surface area (Å²) in [6.45, 7) is 2.01. The van der Waals surface area contributed by atoms with Gasteiger partial charge in [0, 0.05) is 5.56 Å². The summed E-state index contributed by atoms with van der Waals surface area (Å²) in [5.41, 5.74) is 3.15. The SMILES string of the molecule is COc1ccc(CCC(O)c2ccc(C)cc2OC)cc1. The minimum absolute atomic E-state index is 0.525. The van der Waals surface area contributed by atoms with Gasteiger partial charge >= 0.3 is 0 Å². The highest BCUT2D eigenvalue weighted by molar-refractivity contribution is 5.38. The Kier molecular flexibility index (Phi) is 5.23. The van der Waals surface area contributed by atoms with Crippen LogP contribution >= 0.6 is 0 Å². The van der Waals surface area contributed by atoms with E-state index in [1.54, 1.807) is 14.2 Å². The van der Waals surface area contributed by atoms with Crippen molar-refractivity contribution in [2.75, 3.05) is 14.2 Å². The van der Waals surface area contributed by atoms with Gasteiger partial charge in [-0.25, -0.2) is 0 Å². The summed E-state index contributed by atoms with van der Waals surface area (Å²) in [6.07, 6.45) is 0.941. The van der Waals surface area contributed by atoms with E-state index in [0.29, 0.717) is 6.42 Å². The molecule has 112 valence electrons. The van der Waals surface area contributed by atoms with Crippen molar-refractivity contribution in [3.63, 3.8) is 0 Å². The molecule has 0 saturated heterocycles. The summed E-state index contributed by atoms with van der Waals surface area (Å²) in [5.74, 6) is 1.59. The monoisotopic (exact) mass is 286 g/mol. The molecule has 0 aromatic heterocycles. The molecule has 1 atom stereocenters. The zero-order valence-electron chi connectivity index (χ0n) is 12.8. The largest absolute Gasteiger partial charge is 0.497 e. The molecule has 0 aliphatic heterocycles. The topological polar surface area (TPSA) is 38.7 Å². The van der Waals surface area contributed by atoms with Crippen LogP contribution in [0, 0.1) is 6.92 Å². The lowest BCUT2D eigenvalue weighted by Gasteiger charge is -2.15. The number of methoxy groups -OCH3 is 2. The van der Waals surface area contributed by atoms with Gasteiger partial charge in [-0.1, -0.05) is 24.3 Å². The van der Waals surface area contributed by atoms with E-state index < -0.39 is 6.10 Å². The van der Waals surface area contributed by atoms with E-state index in [1.807, 2.05) is 49.4 Å². The Balaban J connectivity index is 2.02. The standard InChI is InChI=1S/C18H22O3/c1-13-4-10-16(18(12-13)21-3)17(19)11-7-14-5-8-15(20-2)9-6-14/h4-6,8-10,12,17,19H,7,11H2,1-3H3. The maximum atomic E-state index is 10.4. The Morgan fingerprint density at radius 1 is 1.00 bits per heavy atom. The quantitative estimate of drug-likeness (QED) is 0.880. The molecule has 1 unspecified atom stereocenters. The molecule has 0 aliphatic carbocycles. The Labute approximate surface area is 126 Å². The van der Waals surface area contributed by atoms with Crippen molar-refractivity contribution in [3.8, 4) is 11.5 Å². The number of benzene rings is 2. The first-order valence-electron chi connectivity index (χ1n) is 7.09. The van der Waals surface area contributed by atoms with Gasteiger partial charge in [-0.2, -0.15) is 0 Å². The Morgan fingerprint density at radius 2 is 1.71 bits per heavy atom. The molecule has 3 nitrogen and oxygen atoms in total. The predicted molar refractivity (Wildman–Crippen MR) is 84.0 cm³/mol. The molecule has 0 heterocycles. The van der Waals surface area contributed by atoms with Crippen LogP contribution in [0.5, 0.6) is 11.5 Å². The van der Waals surface area contributed by atoms with Crippen LogP contribution in [0.2, 0.25) is 0 Å². The first-order valence-corrected chi connectivity index (χ1v) is 7.09. The minimum atomic E-state index is -0.525. The normalized spacial score (nSPS) is 12.0. The number of rotatable bonds is 6. The molecule has 1 N–H and O–H groups in total. The Morgan fingerprint density at radius 3 is 2.33 bits per heavy atom. The van der Waals surface area contributed by atoms with Gasteiger partial charge in [0.25, 0.3) is 0 Å². The summed E-state index contributed by atoms with van der Waals surface area (Å²) < 4.78 is 10.5. The maximum absolute atomic E-state index is 10.4. The predicted octanol–water partition coefficient (Wildman–Crippen LogP) is 3.68. The molecule has 0 fully saturated rings. The van der Waals surface area contributed by atoms with Crippen LogP contribution in [-0.4, -0.2) is 19.3 Å². The molecule has 2 aromatic carbocycles. The second-order valence-corrected chi connectivity index (χ2v) is 5.15. The summed E-state index contributed by atoms with van der Waals surface area (Å²) in [5, 5.41) is 10.4. The number of ether oxygens (including phenoxy) is 2. The van der Waals surface area contributed by atoms with E-state index in [0.717, 1.165) is 29.0 Å². The number of aliphatic hydroxyl groups is 1. The van der Waals surface area contributed by atoms with Crippen LogP contribution in [0.4, 0.5) is 0 Å². The Hall–Kier alpha value is -2.00. The van der Waals surface area contributed by atoms with Crippen molar-refractivity contribution in [1.29, 1.82) is 0 Å². The van der Waals surface area contributed by atoms with Gasteiger partial charge in [0.1, 0.15) is 11.5 Å². The molecule has 21 heavy (non-hydrogen) atoms. The molecule has 0 aliphatic rings. The van der Waals surface area contributed by atoms with Crippen molar-refractivity contribution >= 4 is 0 Å². The summed E-state index contributed by atoms with van der Waals surface area (Å²) in [4.78, 5) is 0. The van der Waals surface area contributed by atoms with Crippen molar-refractivity contribution in [2.24, 2.45) is 0 Å². The highest BCUT2D eigenvalue weighted by atomic mass is 16.5. The van der Waals surface area contributed by atoms with Crippen LogP contribution in [-0.2, 0) is 6.42 Å². The summed E-state index contributed by atoms with van der Waals surface area (Å²) >= 11 is 0. The lowest BCUT2D eigenvalue weighted by atomic mass is 9.99. The van der Waals surface area contributed by atoms with E-state index in [2.05, 4.69) is 0 Å².